The summed E-state index contributed by atoms with van der Waals surface area (Å²) in [5.74, 6) is 2.08. The molecule has 0 aliphatic heterocycles. The van der Waals surface area contributed by atoms with Crippen molar-refractivity contribution in [3.05, 3.63) is 17.6 Å². The molecule has 0 aromatic carbocycles. The summed E-state index contributed by atoms with van der Waals surface area (Å²) in [6, 6.07) is 0. The zero-order valence-corrected chi connectivity index (χ0v) is 7.97. The molecule has 0 amide bonds. The van der Waals surface area contributed by atoms with Crippen molar-refractivity contribution in [1.29, 1.82) is 0 Å². The van der Waals surface area contributed by atoms with Crippen molar-refractivity contribution in [2.24, 2.45) is 0 Å². The maximum absolute atomic E-state index is 10.6. The van der Waals surface area contributed by atoms with E-state index in [1.165, 1.54) is 6.20 Å². The number of aliphatic carboxylic acids is 1. The first-order valence-electron chi connectivity index (χ1n) is 4.07. The first kappa shape index (κ1) is 11.5. The zero-order valence-electron chi connectivity index (χ0n) is 7.97. The van der Waals surface area contributed by atoms with Crippen LogP contribution in [-0.2, 0) is 4.79 Å². The van der Waals surface area contributed by atoms with Crippen LogP contribution in [-0.4, -0.2) is 32.1 Å². The van der Waals surface area contributed by atoms with E-state index < -0.39 is 17.6 Å². The molecule has 4 N–H and O–H groups in total. The van der Waals surface area contributed by atoms with Crippen molar-refractivity contribution in [3.8, 4) is 11.8 Å². The summed E-state index contributed by atoms with van der Waals surface area (Å²) in [7, 11) is 0. The van der Waals surface area contributed by atoms with Crippen LogP contribution in [0.25, 0.3) is 0 Å². The Kier molecular flexibility index (Phi) is 3.40. The molecule has 7 heteroatoms. The molecule has 0 radical (unpaired) electrons. The molecule has 0 saturated carbocycles. The molecule has 1 rings (SSSR count). The Morgan fingerprint density at radius 1 is 1.44 bits per heavy atom. The van der Waals surface area contributed by atoms with Crippen LogP contribution < -0.4 is 5.73 Å². The fraction of sp³-hybridized carbons (Fsp3) is 0.111. The number of hydrogen-bond donors (Lipinski definition) is 3. The SMILES string of the molecule is Nc1ncc(C#CCC(=O)O)nc1C(=O)O. The van der Waals surface area contributed by atoms with E-state index in [9.17, 15) is 9.59 Å². The van der Waals surface area contributed by atoms with Gasteiger partial charge < -0.3 is 15.9 Å². The molecule has 0 spiro atoms. The number of carbonyl (C=O) groups is 2. The maximum atomic E-state index is 10.6. The van der Waals surface area contributed by atoms with Gasteiger partial charge in [0.15, 0.2) is 11.5 Å². The molecule has 1 aromatic heterocycles. The van der Waals surface area contributed by atoms with Gasteiger partial charge >= 0.3 is 11.9 Å². The van der Waals surface area contributed by atoms with E-state index in [0.717, 1.165) is 0 Å². The van der Waals surface area contributed by atoms with Gasteiger partial charge in [-0.3, -0.25) is 4.79 Å². The third kappa shape index (κ3) is 2.95. The highest BCUT2D eigenvalue weighted by Gasteiger charge is 2.11. The van der Waals surface area contributed by atoms with Gasteiger partial charge in [0, 0.05) is 0 Å². The van der Waals surface area contributed by atoms with Crippen LogP contribution in [0.1, 0.15) is 22.6 Å². The van der Waals surface area contributed by atoms with Crippen LogP contribution in [0.15, 0.2) is 6.20 Å². The number of aromatic nitrogens is 2. The molecule has 0 aliphatic rings. The number of nitrogens with zero attached hydrogens (tertiary/aromatic N) is 2. The van der Waals surface area contributed by atoms with Crippen molar-refractivity contribution in [3.63, 3.8) is 0 Å². The van der Waals surface area contributed by atoms with Crippen LogP contribution in [0.5, 0.6) is 0 Å². The molecule has 0 atom stereocenters. The predicted molar refractivity (Wildman–Crippen MR) is 52.5 cm³/mol. The molecular weight excluding hydrogens is 214 g/mol. The topological polar surface area (TPSA) is 126 Å². The fourth-order valence-electron chi connectivity index (χ4n) is 0.826. The highest BCUT2D eigenvalue weighted by Crippen LogP contribution is 2.04. The van der Waals surface area contributed by atoms with Gasteiger partial charge in [0.25, 0.3) is 0 Å². The third-order valence-corrected chi connectivity index (χ3v) is 1.46. The molecule has 0 aliphatic carbocycles. The van der Waals surface area contributed by atoms with Crippen molar-refractivity contribution in [2.75, 3.05) is 5.73 Å². The minimum absolute atomic E-state index is 0.0628. The minimum atomic E-state index is -1.31. The van der Waals surface area contributed by atoms with Gasteiger partial charge in [-0.1, -0.05) is 5.92 Å². The molecule has 82 valence electrons. The number of nitrogens with two attached hydrogens (primary N) is 1. The summed E-state index contributed by atoms with van der Waals surface area (Å²) in [6.45, 7) is 0. The number of carboxylic acids is 2. The third-order valence-electron chi connectivity index (χ3n) is 1.46. The van der Waals surface area contributed by atoms with Crippen molar-refractivity contribution < 1.29 is 19.8 Å². The van der Waals surface area contributed by atoms with Crippen LogP contribution in [0.4, 0.5) is 5.82 Å². The molecular formula is C9H7N3O4. The Hall–Kier alpha value is -2.62. The Balaban J connectivity index is 2.98. The quantitative estimate of drug-likeness (QED) is 0.579. The molecule has 0 bridgehead atoms. The smallest absolute Gasteiger partial charge is 0.358 e. The normalized spacial score (nSPS) is 9.00. The number of aromatic carboxylic acids is 1. The molecule has 7 nitrogen and oxygen atoms in total. The average molecular weight is 221 g/mol. The standard InChI is InChI=1S/C9H7N3O4/c10-8-7(9(15)16)12-5(4-11-8)2-1-3-6(13)14/h4H,3H2,(H2,10,11)(H,13,14)(H,15,16). The second-order valence-corrected chi connectivity index (χ2v) is 2.67. The summed E-state index contributed by atoms with van der Waals surface area (Å²) in [4.78, 5) is 28.0. The Bertz CT molecular complexity index is 501. The van der Waals surface area contributed by atoms with E-state index in [0.29, 0.717) is 0 Å². The van der Waals surface area contributed by atoms with Gasteiger partial charge in [0.05, 0.1) is 6.20 Å². The van der Waals surface area contributed by atoms with Crippen LogP contribution in [0, 0.1) is 11.8 Å². The lowest BCUT2D eigenvalue weighted by atomic mass is 10.3. The number of hydrogen-bond acceptors (Lipinski definition) is 5. The Labute approximate surface area is 89.9 Å². The first-order chi connectivity index (χ1) is 7.50. The van der Waals surface area contributed by atoms with E-state index in [-0.39, 0.29) is 17.9 Å². The number of rotatable bonds is 2. The van der Waals surface area contributed by atoms with Gasteiger partial charge in [-0.05, 0) is 5.92 Å². The molecule has 0 saturated heterocycles. The Morgan fingerprint density at radius 3 is 2.69 bits per heavy atom. The monoisotopic (exact) mass is 221 g/mol. The van der Waals surface area contributed by atoms with E-state index in [1.54, 1.807) is 0 Å². The van der Waals surface area contributed by atoms with Crippen LogP contribution >= 0.6 is 0 Å². The highest BCUT2D eigenvalue weighted by atomic mass is 16.4. The summed E-state index contributed by atoms with van der Waals surface area (Å²) < 4.78 is 0. The van der Waals surface area contributed by atoms with Gasteiger partial charge in [-0.25, -0.2) is 14.8 Å². The van der Waals surface area contributed by atoms with Crippen LogP contribution in [0.2, 0.25) is 0 Å². The molecule has 0 unspecified atom stereocenters. The predicted octanol–water partition coefficient (Wildman–Crippen LogP) is -0.417. The lowest BCUT2D eigenvalue weighted by molar-refractivity contribution is -0.135. The van der Waals surface area contributed by atoms with E-state index >= 15 is 0 Å². The van der Waals surface area contributed by atoms with E-state index in [1.807, 2.05) is 0 Å². The van der Waals surface area contributed by atoms with Gasteiger partial charge in [-0.2, -0.15) is 0 Å². The zero-order chi connectivity index (χ0) is 12.1. The number of anilines is 1. The Morgan fingerprint density at radius 2 is 2.12 bits per heavy atom. The molecule has 1 aromatic rings. The van der Waals surface area contributed by atoms with Crippen LogP contribution in [0.3, 0.4) is 0 Å². The first-order valence-corrected chi connectivity index (χ1v) is 4.07. The van der Waals surface area contributed by atoms with Crippen molar-refractivity contribution >= 4 is 17.8 Å². The molecule has 16 heavy (non-hydrogen) atoms. The summed E-state index contributed by atoms with van der Waals surface area (Å²) in [6.07, 6.45) is 0.824. The number of nitrogen functional groups attached to an aromatic ring is 1. The minimum Gasteiger partial charge on any atom is -0.481 e. The highest BCUT2D eigenvalue weighted by molar-refractivity contribution is 5.90. The molecule has 1 heterocycles. The summed E-state index contributed by atoms with van der Waals surface area (Å²) >= 11 is 0. The van der Waals surface area contributed by atoms with E-state index in [2.05, 4.69) is 21.8 Å². The summed E-state index contributed by atoms with van der Waals surface area (Å²) in [5.41, 5.74) is 4.93. The maximum Gasteiger partial charge on any atom is 0.358 e. The summed E-state index contributed by atoms with van der Waals surface area (Å²) in [5, 5.41) is 17.0. The van der Waals surface area contributed by atoms with Crippen molar-refractivity contribution in [2.45, 2.75) is 6.42 Å². The molecule has 0 fully saturated rings. The van der Waals surface area contributed by atoms with Gasteiger partial charge in [-0.15, -0.1) is 0 Å². The average Bonchev–Trinajstić information content (AvgIpc) is 2.19. The van der Waals surface area contributed by atoms with E-state index in [4.69, 9.17) is 15.9 Å². The second kappa shape index (κ2) is 4.75. The van der Waals surface area contributed by atoms with Crippen molar-refractivity contribution in [1.82, 2.24) is 9.97 Å². The second-order valence-electron chi connectivity index (χ2n) is 2.67. The lowest BCUT2D eigenvalue weighted by Crippen LogP contribution is -2.08. The largest absolute Gasteiger partial charge is 0.481 e. The fourth-order valence-corrected chi connectivity index (χ4v) is 0.826. The number of carboxylic acid groups (broad SMARTS) is 2. The van der Waals surface area contributed by atoms with Gasteiger partial charge in [0.1, 0.15) is 12.1 Å². The lowest BCUT2D eigenvalue weighted by Gasteiger charge is -1.97. The van der Waals surface area contributed by atoms with Gasteiger partial charge in [0.2, 0.25) is 0 Å².